The standard InChI is InChI=1S/C12H10N6OS2/c1-6-9(10(19)18(17-6)11(13)20)15-16-12-14-7-4-2-3-5-8(7)21-12/h2-5,17H,1H3,(H2,13,20). The third kappa shape index (κ3) is 2.48. The number of thiocarbonyl (C=S) groups is 1. The molecule has 3 N–H and O–H groups in total. The number of thiazole rings is 1. The maximum absolute atomic E-state index is 12.0. The molecule has 3 aromatic rings. The van der Waals surface area contributed by atoms with Crippen LogP contribution in [-0.4, -0.2) is 19.9 Å². The first-order chi connectivity index (χ1) is 10.1. The number of fused-ring (bicyclic) bond motifs is 1. The molecule has 2 aromatic heterocycles. The summed E-state index contributed by atoms with van der Waals surface area (Å²) in [5.41, 5.74) is 6.57. The van der Waals surface area contributed by atoms with Crippen molar-refractivity contribution in [3.05, 3.63) is 40.3 Å². The van der Waals surface area contributed by atoms with E-state index in [-0.39, 0.29) is 10.8 Å². The van der Waals surface area contributed by atoms with E-state index in [0.29, 0.717) is 10.8 Å². The highest BCUT2D eigenvalue weighted by molar-refractivity contribution is 7.80. The Labute approximate surface area is 128 Å². The van der Waals surface area contributed by atoms with Crippen LogP contribution in [0.1, 0.15) is 5.69 Å². The van der Waals surface area contributed by atoms with Crippen LogP contribution in [0.5, 0.6) is 0 Å². The van der Waals surface area contributed by atoms with Crippen molar-refractivity contribution in [2.24, 2.45) is 16.0 Å². The highest BCUT2D eigenvalue weighted by Gasteiger charge is 2.12. The van der Waals surface area contributed by atoms with Gasteiger partial charge in [-0.3, -0.25) is 9.89 Å². The average molecular weight is 318 g/mol. The zero-order valence-electron chi connectivity index (χ0n) is 10.9. The van der Waals surface area contributed by atoms with Crippen molar-refractivity contribution in [2.45, 2.75) is 6.92 Å². The Morgan fingerprint density at radius 3 is 2.86 bits per heavy atom. The molecule has 0 spiro atoms. The van der Waals surface area contributed by atoms with Gasteiger partial charge in [-0.2, -0.15) is 4.68 Å². The highest BCUT2D eigenvalue weighted by atomic mass is 32.1. The van der Waals surface area contributed by atoms with E-state index >= 15 is 0 Å². The molecule has 21 heavy (non-hydrogen) atoms. The molecular formula is C12H10N6OS2. The minimum absolute atomic E-state index is 0.0652. The van der Waals surface area contributed by atoms with Crippen molar-refractivity contribution in [3.63, 3.8) is 0 Å². The van der Waals surface area contributed by atoms with Crippen LogP contribution in [0.15, 0.2) is 39.3 Å². The molecule has 0 radical (unpaired) electrons. The number of H-pyrrole nitrogens is 1. The topological polar surface area (TPSA) is 101 Å². The van der Waals surface area contributed by atoms with Gasteiger partial charge in [0.15, 0.2) is 10.8 Å². The van der Waals surface area contributed by atoms with Gasteiger partial charge in [-0.05, 0) is 31.3 Å². The van der Waals surface area contributed by atoms with Crippen molar-refractivity contribution in [1.82, 2.24) is 14.8 Å². The van der Waals surface area contributed by atoms with Gasteiger partial charge in [0.05, 0.1) is 15.9 Å². The third-order valence-corrected chi connectivity index (χ3v) is 3.88. The van der Waals surface area contributed by atoms with E-state index < -0.39 is 5.56 Å². The summed E-state index contributed by atoms with van der Waals surface area (Å²) < 4.78 is 2.06. The summed E-state index contributed by atoms with van der Waals surface area (Å²) in [6, 6.07) is 7.68. The van der Waals surface area contributed by atoms with Gasteiger partial charge in [0.2, 0.25) is 5.13 Å². The third-order valence-electron chi connectivity index (χ3n) is 2.78. The summed E-state index contributed by atoms with van der Waals surface area (Å²) in [6.45, 7) is 1.70. The van der Waals surface area contributed by atoms with Gasteiger partial charge in [0.1, 0.15) is 0 Å². The minimum Gasteiger partial charge on any atom is -0.374 e. The van der Waals surface area contributed by atoms with Crippen molar-refractivity contribution in [3.8, 4) is 0 Å². The predicted octanol–water partition coefficient (Wildman–Crippen LogP) is 2.60. The van der Waals surface area contributed by atoms with E-state index in [9.17, 15) is 4.79 Å². The number of hydrogen-bond donors (Lipinski definition) is 2. The second-order valence-electron chi connectivity index (χ2n) is 4.23. The van der Waals surface area contributed by atoms with Crippen molar-refractivity contribution in [1.29, 1.82) is 0 Å². The number of nitrogens with two attached hydrogens (primary N) is 1. The number of aromatic amines is 1. The van der Waals surface area contributed by atoms with Crippen molar-refractivity contribution >= 4 is 49.7 Å². The van der Waals surface area contributed by atoms with Gasteiger partial charge in [0, 0.05) is 0 Å². The van der Waals surface area contributed by atoms with Gasteiger partial charge in [-0.15, -0.1) is 10.2 Å². The fourth-order valence-corrected chi connectivity index (χ4v) is 2.72. The van der Waals surface area contributed by atoms with Crippen molar-refractivity contribution < 1.29 is 0 Å². The molecule has 7 nitrogen and oxygen atoms in total. The fraction of sp³-hybridized carbons (Fsp3) is 0.0833. The molecule has 0 aliphatic rings. The lowest BCUT2D eigenvalue weighted by atomic mass is 10.3. The average Bonchev–Trinajstić information content (AvgIpc) is 2.98. The van der Waals surface area contributed by atoms with Crippen LogP contribution in [0.2, 0.25) is 0 Å². The second kappa shape index (κ2) is 5.19. The molecular weight excluding hydrogens is 308 g/mol. The fourth-order valence-electron chi connectivity index (χ4n) is 1.81. The normalized spacial score (nSPS) is 11.5. The molecule has 0 saturated carbocycles. The van der Waals surface area contributed by atoms with E-state index in [1.165, 1.54) is 11.3 Å². The molecule has 0 bridgehead atoms. The van der Waals surface area contributed by atoms with Crippen LogP contribution >= 0.6 is 23.6 Å². The molecule has 0 fully saturated rings. The number of aryl methyl sites for hydroxylation is 1. The van der Waals surface area contributed by atoms with Crippen LogP contribution in [-0.2, 0) is 0 Å². The molecule has 0 saturated heterocycles. The summed E-state index contributed by atoms with van der Waals surface area (Å²) in [5.74, 6) is 0. The monoisotopic (exact) mass is 318 g/mol. The molecule has 9 heteroatoms. The number of nitrogens with one attached hydrogen (secondary N) is 1. The van der Waals surface area contributed by atoms with Crippen LogP contribution in [0.25, 0.3) is 10.2 Å². The van der Waals surface area contributed by atoms with Gasteiger partial charge in [0.25, 0.3) is 0 Å². The zero-order chi connectivity index (χ0) is 15.0. The summed E-state index contributed by atoms with van der Waals surface area (Å²) in [5, 5.41) is 11.2. The Kier molecular flexibility index (Phi) is 3.35. The first-order valence-corrected chi connectivity index (χ1v) is 7.17. The maximum Gasteiger partial charge on any atom is 0.301 e. The van der Waals surface area contributed by atoms with E-state index in [4.69, 9.17) is 18.0 Å². The number of aromatic nitrogens is 3. The zero-order valence-corrected chi connectivity index (χ0v) is 12.5. The van der Waals surface area contributed by atoms with E-state index in [1.807, 2.05) is 24.3 Å². The number of rotatable bonds is 2. The SMILES string of the molecule is Cc1[nH]n(C(N)=S)c(=O)c1N=Nc1nc2ccccc2s1. The van der Waals surface area contributed by atoms with Crippen LogP contribution in [0.3, 0.4) is 0 Å². The minimum atomic E-state index is -0.426. The number of azo groups is 1. The summed E-state index contributed by atoms with van der Waals surface area (Å²) in [7, 11) is 0. The largest absolute Gasteiger partial charge is 0.374 e. The Hall–Kier alpha value is -2.39. The number of hydrogen-bond acceptors (Lipinski definition) is 6. The molecule has 1 aromatic carbocycles. The van der Waals surface area contributed by atoms with Gasteiger partial charge in [-0.25, -0.2) is 4.98 Å². The predicted molar refractivity (Wildman–Crippen MR) is 85.8 cm³/mol. The lowest BCUT2D eigenvalue weighted by Crippen LogP contribution is -2.29. The van der Waals surface area contributed by atoms with Crippen LogP contribution < -0.4 is 11.3 Å². The summed E-state index contributed by atoms with van der Waals surface area (Å²) >= 11 is 6.17. The number of benzene rings is 1. The van der Waals surface area contributed by atoms with Crippen LogP contribution in [0, 0.1) is 6.92 Å². The first kappa shape index (κ1) is 13.6. The Morgan fingerprint density at radius 1 is 1.43 bits per heavy atom. The van der Waals surface area contributed by atoms with Crippen LogP contribution in [0.4, 0.5) is 10.8 Å². The summed E-state index contributed by atoms with van der Waals surface area (Å²) in [6.07, 6.45) is 0. The molecule has 106 valence electrons. The number of para-hydroxylation sites is 1. The lowest BCUT2D eigenvalue weighted by molar-refractivity contribution is 0.889. The second-order valence-corrected chi connectivity index (χ2v) is 5.66. The molecule has 3 rings (SSSR count). The molecule has 0 amide bonds. The van der Waals surface area contributed by atoms with E-state index in [1.54, 1.807) is 6.92 Å². The number of nitrogens with zero attached hydrogens (tertiary/aromatic N) is 4. The summed E-state index contributed by atoms with van der Waals surface area (Å²) in [4.78, 5) is 16.3. The molecule has 0 atom stereocenters. The molecule has 2 heterocycles. The van der Waals surface area contributed by atoms with Gasteiger partial charge in [-0.1, -0.05) is 23.5 Å². The van der Waals surface area contributed by atoms with E-state index in [0.717, 1.165) is 14.9 Å². The van der Waals surface area contributed by atoms with Crippen molar-refractivity contribution in [2.75, 3.05) is 0 Å². The van der Waals surface area contributed by atoms with Gasteiger partial charge < -0.3 is 5.73 Å². The van der Waals surface area contributed by atoms with E-state index in [2.05, 4.69) is 20.3 Å². The quantitative estimate of drug-likeness (QED) is 0.560. The molecule has 0 aliphatic heterocycles. The lowest BCUT2D eigenvalue weighted by Gasteiger charge is -1.93. The molecule has 0 unspecified atom stereocenters. The maximum atomic E-state index is 12.0. The smallest absolute Gasteiger partial charge is 0.301 e. The van der Waals surface area contributed by atoms with Gasteiger partial charge >= 0.3 is 5.56 Å². The highest BCUT2D eigenvalue weighted by Crippen LogP contribution is 2.28. The Balaban J connectivity index is 1.99. The Morgan fingerprint density at radius 2 is 2.19 bits per heavy atom. The Bertz CT molecular complexity index is 886. The first-order valence-electron chi connectivity index (χ1n) is 5.95. The molecule has 0 aliphatic carbocycles.